The number of primary amides is 1. The quantitative estimate of drug-likeness (QED) is 0.113. The molecule has 0 spiro atoms. The van der Waals surface area contributed by atoms with Crippen LogP contribution >= 0.6 is 0 Å². The third-order valence-electron chi connectivity index (χ3n) is 10.6. The van der Waals surface area contributed by atoms with Gasteiger partial charge in [-0.05, 0) is 95.3 Å². The molecular weight excluding hydrogens is 684 g/mol. The number of Topliss-reactive ketones (excluding diaryl/α,β-unsaturated/α-hetero) is 2. The summed E-state index contributed by atoms with van der Waals surface area (Å²) in [6, 6.07) is -0.543. The van der Waals surface area contributed by atoms with E-state index in [0.717, 1.165) is 38.5 Å². The smallest absolute Gasteiger partial charge is 0.412 e. The minimum absolute atomic E-state index is 0. The second-order valence-corrected chi connectivity index (χ2v) is 14.6. The third-order valence-corrected chi connectivity index (χ3v) is 12.4. The normalized spacial score (nSPS) is 32.7. The Balaban J connectivity index is -0.000000779. The third kappa shape index (κ3) is 11.9. The van der Waals surface area contributed by atoms with Crippen LogP contribution in [0.5, 0.6) is 0 Å². The molecule has 0 aromatic heterocycles. The molecule has 0 saturated heterocycles. The van der Waals surface area contributed by atoms with Crippen LogP contribution in [0.4, 0.5) is 4.79 Å². The van der Waals surface area contributed by atoms with Crippen molar-refractivity contribution in [1.82, 2.24) is 5.32 Å². The second-order valence-electron chi connectivity index (χ2n) is 13.0. The van der Waals surface area contributed by atoms with Crippen LogP contribution in [0, 0.1) is 34.5 Å². The number of hydrogen-bond donors (Lipinski definition) is 6. The molecule has 17 heteroatoms. The maximum Gasteiger partial charge on any atom is 0.484 e. The van der Waals surface area contributed by atoms with Crippen LogP contribution in [0.25, 0.3) is 0 Å². The van der Waals surface area contributed by atoms with E-state index in [0.29, 0.717) is 45.1 Å². The van der Waals surface area contributed by atoms with Gasteiger partial charge in [0.2, 0.25) is 0 Å². The summed E-state index contributed by atoms with van der Waals surface area (Å²) in [4.78, 5) is 35.6. The zero-order valence-corrected chi connectivity index (χ0v) is 32.1. The van der Waals surface area contributed by atoms with E-state index in [1.807, 2.05) is 27.7 Å². The minimum atomic E-state index is -1.73. The van der Waals surface area contributed by atoms with Gasteiger partial charge in [-0.1, -0.05) is 13.8 Å². The van der Waals surface area contributed by atoms with Crippen molar-refractivity contribution in [1.29, 1.82) is 0 Å². The van der Waals surface area contributed by atoms with Gasteiger partial charge in [0, 0.05) is 72.4 Å². The molecule has 2 amide bonds. The number of aliphatic hydroxyl groups is 4. The molecule has 4 rings (SSSR count). The standard InChI is InChI=1S/C21H32O5.C6H16O3Si.C4H10N2O2.3H2O.Ti/c1-19-7-5-13(23)9-12(19)3-4-14-15-6-8-21(26,17(25)11-22)20(15,2)10-16(24)18(14)19;1-4-7-10(8-5-2)9-6-3;5-4(8)6-2-1-3-7;;;;/h12-15,18,22-23,26H,3-11H2,1-2H3;10H,4-6H2,1-3H3;7H,1-3H2,(H3,5,6,8);3*1H2;/t12-,13-,14+,15+,18-,19+,20+,21+;;;;;;/m1....../s1. The molecule has 0 aromatic rings. The summed E-state index contributed by atoms with van der Waals surface area (Å²) in [7, 11) is -1.73. The Labute approximate surface area is 301 Å². The van der Waals surface area contributed by atoms with E-state index in [1.54, 1.807) is 0 Å². The number of urea groups is 1. The number of aliphatic hydroxyl groups excluding tert-OH is 3. The van der Waals surface area contributed by atoms with Crippen LogP contribution in [0.2, 0.25) is 0 Å². The van der Waals surface area contributed by atoms with Gasteiger partial charge in [0.15, 0.2) is 5.78 Å². The van der Waals surface area contributed by atoms with Crippen molar-refractivity contribution in [2.45, 2.75) is 104 Å². The van der Waals surface area contributed by atoms with Gasteiger partial charge in [-0.25, -0.2) is 4.79 Å². The first kappa shape index (κ1) is 51.5. The van der Waals surface area contributed by atoms with Crippen LogP contribution < -0.4 is 11.1 Å². The van der Waals surface area contributed by atoms with Gasteiger partial charge in [-0.15, -0.1) is 0 Å². The fraction of sp³-hybridized carbons (Fsp3) is 0.903. The number of carbonyl (C=O) groups excluding carboxylic acids is 3. The average Bonchev–Trinajstić information content (AvgIpc) is 3.24. The Bertz CT molecular complexity index is 942. The molecule has 284 valence electrons. The van der Waals surface area contributed by atoms with E-state index in [9.17, 15) is 29.7 Å². The van der Waals surface area contributed by atoms with E-state index in [1.165, 1.54) is 0 Å². The summed E-state index contributed by atoms with van der Waals surface area (Å²) < 4.78 is 15.7. The summed E-state index contributed by atoms with van der Waals surface area (Å²) in [5.41, 5.74) is 2.30. The molecule has 0 radical (unpaired) electrons. The first-order valence-corrected chi connectivity index (χ1v) is 17.8. The molecular formula is C31H64N2O13SiTi. The molecule has 48 heavy (non-hydrogen) atoms. The number of nitrogens with one attached hydrogen (secondary N) is 1. The van der Waals surface area contributed by atoms with Gasteiger partial charge < -0.3 is 61.2 Å². The Hall–Kier alpha value is -0.859. The van der Waals surface area contributed by atoms with Crippen molar-refractivity contribution < 1.29 is 86.2 Å². The van der Waals surface area contributed by atoms with E-state index in [-0.39, 0.29) is 86.2 Å². The van der Waals surface area contributed by atoms with E-state index >= 15 is 0 Å². The number of rotatable bonds is 11. The average molecular weight is 749 g/mol. The molecule has 0 heterocycles. The largest absolute Gasteiger partial charge is 0.484 e. The number of ketones is 2. The van der Waals surface area contributed by atoms with Crippen LogP contribution in [-0.4, -0.2) is 115 Å². The fourth-order valence-corrected chi connectivity index (χ4v) is 9.59. The molecule has 0 aromatic carbocycles. The van der Waals surface area contributed by atoms with Crippen molar-refractivity contribution >= 4 is 27.1 Å². The molecule has 13 N–H and O–H groups in total. The number of fused-ring (bicyclic) bond motifs is 5. The number of carbonyl (C=O) groups is 3. The van der Waals surface area contributed by atoms with Crippen molar-refractivity contribution in [3.8, 4) is 0 Å². The van der Waals surface area contributed by atoms with Gasteiger partial charge in [0.25, 0.3) is 0 Å². The summed E-state index contributed by atoms with van der Waals surface area (Å²) in [6.45, 7) is 11.9. The first-order chi connectivity index (χ1) is 20.8. The molecule has 4 fully saturated rings. The SMILES string of the molecule is CCO[SiH](OCC)OCC.C[C@]12CC[C@@H](O)C[C@H]1CC[C@@H]1[C@@H]2C(=O)C[C@@]2(C)[C@H]1CC[C@]2(O)C(=O)CO.NC(=O)NCCCO.O.O.O.[Ti]. The predicted molar refractivity (Wildman–Crippen MR) is 177 cm³/mol. The van der Waals surface area contributed by atoms with E-state index < -0.39 is 39.0 Å². The summed E-state index contributed by atoms with van der Waals surface area (Å²) in [5.74, 6) is 0.380. The molecule has 4 aliphatic rings. The molecule has 4 aliphatic carbocycles. The fourth-order valence-electron chi connectivity index (χ4n) is 8.49. The maximum atomic E-state index is 13.4. The molecule has 0 unspecified atom stereocenters. The number of hydrogen-bond acceptors (Lipinski definition) is 10. The van der Waals surface area contributed by atoms with Crippen molar-refractivity contribution in [3.05, 3.63) is 0 Å². The first-order valence-electron chi connectivity index (χ1n) is 16.4. The summed E-state index contributed by atoms with van der Waals surface area (Å²) >= 11 is 0. The van der Waals surface area contributed by atoms with Crippen LogP contribution in [0.3, 0.4) is 0 Å². The monoisotopic (exact) mass is 748 g/mol. The Kier molecular flexibility index (Phi) is 25.3. The van der Waals surface area contributed by atoms with Gasteiger partial charge >= 0.3 is 15.6 Å². The minimum Gasteiger partial charge on any atom is -0.412 e. The van der Waals surface area contributed by atoms with Gasteiger partial charge in [0.05, 0.1) is 6.10 Å². The van der Waals surface area contributed by atoms with Gasteiger partial charge in [-0.2, -0.15) is 0 Å². The van der Waals surface area contributed by atoms with E-state index in [4.69, 9.17) is 24.1 Å². The molecule has 15 nitrogen and oxygen atoms in total. The summed E-state index contributed by atoms with van der Waals surface area (Å²) in [5, 5.41) is 41.1. The van der Waals surface area contributed by atoms with Crippen LogP contribution in [-0.2, 0) is 44.6 Å². The number of nitrogens with two attached hydrogens (primary N) is 1. The van der Waals surface area contributed by atoms with E-state index in [2.05, 4.69) is 12.2 Å². The Morgan fingerprint density at radius 3 is 2.00 bits per heavy atom. The molecule has 0 bridgehead atoms. The van der Waals surface area contributed by atoms with Crippen LogP contribution in [0.15, 0.2) is 0 Å². The second kappa shape index (κ2) is 23.6. The van der Waals surface area contributed by atoms with Crippen LogP contribution in [0.1, 0.15) is 92.4 Å². The van der Waals surface area contributed by atoms with Gasteiger partial charge in [-0.3, -0.25) is 9.59 Å². The van der Waals surface area contributed by atoms with Crippen molar-refractivity contribution in [3.63, 3.8) is 0 Å². The molecule has 4 saturated carbocycles. The number of amides is 2. The predicted octanol–water partition coefficient (Wildman–Crippen LogP) is -0.765. The molecule has 0 aliphatic heterocycles. The zero-order valence-electron chi connectivity index (χ0n) is 29.4. The van der Waals surface area contributed by atoms with Gasteiger partial charge in [0.1, 0.15) is 18.0 Å². The zero-order chi connectivity index (χ0) is 33.1. The Morgan fingerprint density at radius 2 is 1.52 bits per heavy atom. The maximum absolute atomic E-state index is 13.4. The van der Waals surface area contributed by atoms with Crippen molar-refractivity contribution in [2.75, 3.05) is 39.6 Å². The molecule has 8 atom stereocenters. The van der Waals surface area contributed by atoms with Crippen molar-refractivity contribution in [2.24, 2.45) is 40.2 Å². The topological polar surface area (TPSA) is 292 Å². The summed E-state index contributed by atoms with van der Waals surface area (Å²) in [6.07, 6.45) is 6.03. The Morgan fingerprint density at radius 1 is 0.958 bits per heavy atom.